The topological polar surface area (TPSA) is 79.6 Å². The van der Waals surface area contributed by atoms with E-state index < -0.39 is 11.8 Å². The largest absolute Gasteiger partial charge is 0.457 e. The Morgan fingerprint density at radius 1 is 1.03 bits per heavy atom. The second-order valence-electron chi connectivity index (χ2n) is 7.58. The van der Waals surface area contributed by atoms with Gasteiger partial charge in [-0.2, -0.15) is 0 Å². The standard InChI is InChI=1S/C25H20N2O4S/c1-14-4-5-15(2)21(12-14)27-24(30)20(23(29)26-25(27)32)13-19-10-11-22(31-19)18-8-6-17(7-9-18)16(3)28/h4-13H,1-3H3,(H,26,29,32)/b20-13+. The molecule has 160 valence electrons. The Hall–Kier alpha value is -3.84. The van der Waals surface area contributed by atoms with Gasteiger partial charge in [-0.05, 0) is 68.4 Å². The van der Waals surface area contributed by atoms with Gasteiger partial charge in [0.1, 0.15) is 17.1 Å². The number of Topliss-reactive ketones (excluding diaryl/α,β-unsaturated/α-hetero) is 1. The number of carbonyl (C=O) groups is 3. The molecule has 6 nitrogen and oxygen atoms in total. The quantitative estimate of drug-likeness (QED) is 0.275. The average Bonchev–Trinajstić information content (AvgIpc) is 3.22. The summed E-state index contributed by atoms with van der Waals surface area (Å²) in [5.41, 5.74) is 3.75. The molecule has 4 rings (SSSR count). The number of rotatable bonds is 4. The highest BCUT2D eigenvalue weighted by Gasteiger charge is 2.35. The van der Waals surface area contributed by atoms with Gasteiger partial charge in [0.15, 0.2) is 10.9 Å². The van der Waals surface area contributed by atoms with E-state index in [1.807, 2.05) is 32.0 Å². The van der Waals surface area contributed by atoms with Gasteiger partial charge >= 0.3 is 0 Å². The van der Waals surface area contributed by atoms with E-state index in [-0.39, 0.29) is 16.5 Å². The number of benzene rings is 2. The van der Waals surface area contributed by atoms with Crippen molar-refractivity contribution in [3.8, 4) is 11.3 Å². The summed E-state index contributed by atoms with van der Waals surface area (Å²) in [5, 5.41) is 2.62. The molecule has 32 heavy (non-hydrogen) atoms. The molecule has 1 aromatic heterocycles. The number of hydrogen-bond acceptors (Lipinski definition) is 5. The van der Waals surface area contributed by atoms with E-state index in [2.05, 4.69) is 5.32 Å². The molecule has 0 atom stereocenters. The lowest BCUT2D eigenvalue weighted by molar-refractivity contribution is -0.122. The van der Waals surface area contributed by atoms with Crippen LogP contribution in [0.4, 0.5) is 5.69 Å². The van der Waals surface area contributed by atoms with Crippen LogP contribution in [-0.4, -0.2) is 22.7 Å². The number of amides is 2. The monoisotopic (exact) mass is 444 g/mol. The fraction of sp³-hybridized carbons (Fsp3) is 0.120. The minimum absolute atomic E-state index is 0.0189. The van der Waals surface area contributed by atoms with Gasteiger partial charge in [0.25, 0.3) is 11.8 Å². The highest BCUT2D eigenvalue weighted by Crippen LogP contribution is 2.28. The zero-order valence-electron chi connectivity index (χ0n) is 17.8. The molecule has 3 aromatic rings. The lowest BCUT2D eigenvalue weighted by atomic mass is 10.1. The SMILES string of the molecule is CC(=O)c1ccc(-c2ccc(/C=C3\C(=O)NC(=S)N(c4cc(C)ccc4C)C3=O)o2)cc1. The van der Waals surface area contributed by atoms with Crippen molar-refractivity contribution in [2.45, 2.75) is 20.8 Å². The number of anilines is 1. The summed E-state index contributed by atoms with van der Waals surface area (Å²) in [6, 6.07) is 16.1. The molecule has 2 heterocycles. The number of furan rings is 1. The Morgan fingerprint density at radius 2 is 1.75 bits per heavy atom. The van der Waals surface area contributed by atoms with Crippen LogP contribution in [0.3, 0.4) is 0 Å². The van der Waals surface area contributed by atoms with Crippen LogP contribution in [0.5, 0.6) is 0 Å². The number of nitrogens with one attached hydrogen (secondary N) is 1. The molecular formula is C25H20N2O4S. The van der Waals surface area contributed by atoms with Crippen molar-refractivity contribution in [3.05, 3.63) is 82.6 Å². The van der Waals surface area contributed by atoms with Gasteiger partial charge in [-0.1, -0.05) is 36.4 Å². The van der Waals surface area contributed by atoms with Crippen LogP contribution < -0.4 is 10.2 Å². The molecule has 0 saturated carbocycles. The molecule has 1 N–H and O–H groups in total. The maximum Gasteiger partial charge on any atom is 0.270 e. The second kappa shape index (κ2) is 8.36. The number of ketones is 1. The van der Waals surface area contributed by atoms with E-state index in [0.717, 1.165) is 16.7 Å². The van der Waals surface area contributed by atoms with Crippen LogP contribution >= 0.6 is 12.2 Å². The van der Waals surface area contributed by atoms with E-state index in [4.69, 9.17) is 16.6 Å². The van der Waals surface area contributed by atoms with E-state index >= 15 is 0 Å². The van der Waals surface area contributed by atoms with Crippen molar-refractivity contribution in [1.29, 1.82) is 0 Å². The molecule has 1 aliphatic heterocycles. The van der Waals surface area contributed by atoms with Crippen LogP contribution in [0.25, 0.3) is 17.4 Å². The molecule has 0 radical (unpaired) electrons. The first-order valence-corrected chi connectivity index (χ1v) is 10.4. The van der Waals surface area contributed by atoms with Crippen molar-refractivity contribution in [2.24, 2.45) is 0 Å². The number of aryl methyl sites for hydroxylation is 2. The summed E-state index contributed by atoms with van der Waals surface area (Å²) < 4.78 is 5.84. The number of thiocarbonyl (C=S) groups is 1. The van der Waals surface area contributed by atoms with Crippen LogP contribution in [0, 0.1) is 13.8 Å². The van der Waals surface area contributed by atoms with Gasteiger partial charge in [-0.3, -0.25) is 24.6 Å². The molecule has 1 fully saturated rings. The van der Waals surface area contributed by atoms with Crippen LogP contribution in [0.1, 0.15) is 34.2 Å². The summed E-state index contributed by atoms with van der Waals surface area (Å²) >= 11 is 5.28. The zero-order chi connectivity index (χ0) is 23.0. The van der Waals surface area contributed by atoms with Crippen LogP contribution in [0.15, 0.2) is 64.6 Å². The van der Waals surface area contributed by atoms with Gasteiger partial charge in [-0.25, -0.2) is 0 Å². The second-order valence-corrected chi connectivity index (χ2v) is 7.97. The third-order valence-corrected chi connectivity index (χ3v) is 5.48. The summed E-state index contributed by atoms with van der Waals surface area (Å²) in [7, 11) is 0. The summed E-state index contributed by atoms with van der Waals surface area (Å²) in [5.74, 6) is -0.212. The Kier molecular flexibility index (Phi) is 5.59. The van der Waals surface area contributed by atoms with Crippen molar-refractivity contribution in [3.63, 3.8) is 0 Å². The molecule has 7 heteroatoms. The minimum Gasteiger partial charge on any atom is -0.457 e. The zero-order valence-corrected chi connectivity index (χ0v) is 18.6. The fourth-order valence-corrected chi connectivity index (χ4v) is 3.71. The predicted molar refractivity (Wildman–Crippen MR) is 126 cm³/mol. The molecule has 0 aliphatic carbocycles. The minimum atomic E-state index is -0.578. The molecule has 0 spiro atoms. The molecule has 0 bridgehead atoms. The third kappa shape index (κ3) is 4.02. The van der Waals surface area contributed by atoms with Crippen LogP contribution in [-0.2, 0) is 9.59 Å². The van der Waals surface area contributed by atoms with Gasteiger partial charge in [-0.15, -0.1) is 0 Å². The maximum atomic E-state index is 13.2. The van der Waals surface area contributed by atoms with E-state index in [1.165, 1.54) is 17.9 Å². The highest BCUT2D eigenvalue weighted by molar-refractivity contribution is 7.80. The van der Waals surface area contributed by atoms with E-state index in [9.17, 15) is 14.4 Å². The molecule has 0 unspecified atom stereocenters. The smallest absolute Gasteiger partial charge is 0.270 e. The number of carbonyl (C=O) groups excluding carboxylic acids is 3. The summed E-state index contributed by atoms with van der Waals surface area (Å²) in [6.07, 6.45) is 1.41. The lowest BCUT2D eigenvalue weighted by Gasteiger charge is -2.30. The molecule has 2 amide bonds. The first-order valence-electron chi connectivity index (χ1n) is 9.94. The van der Waals surface area contributed by atoms with Crippen molar-refractivity contribution < 1.29 is 18.8 Å². The Labute approximate surface area is 190 Å². The average molecular weight is 445 g/mol. The fourth-order valence-electron chi connectivity index (χ4n) is 3.43. The highest BCUT2D eigenvalue weighted by atomic mass is 32.1. The Balaban J connectivity index is 1.67. The van der Waals surface area contributed by atoms with Gasteiger partial charge in [0, 0.05) is 11.1 Å². The molecule has 1 aliphatic rings. The van der Waals surface area contributed by atoms with Crippen LogP contribution in [0.2, 0.25) is 0 Å². The normalized spacial score (nSPS) is 15.3. The first kappa shape index (κ1) is 21.4. The predicted octanol–water partition coefficient (Wildman–Crippen LogP) is 4.60. The van der Waals surface area contributed by atoms with Gasteiger partial charge in [0.05, 0.1) is 5.69 Å². The van der Waals surface area contributed by atoms with Crippen molar-refractivity contribution in [1.82, 2.24) is 5.32 Å². The molecular weight excluding hydrogens is 424 g/mol. The lowest BCUT2D eigenvalue weighted by Crippen LogP contribution is -2.54. The maximum absolute atomic E-state index is 13.2. The summed E-state index contributed by atoms with van der Waals surface area (Å²) in [6.45, 7) is 5.30. The number of nitrogens with zero attached hydrogens (tertiary/aromatic N) is 1. The van der Waals surface area contributed by atoms with E-state index in [1.54, 1.807) is 36.4 Å². The summed E-state index contributed by atoms with van der Waals surface area (Å²) in [4.78, 5) is 38.6. The van der Waals surface area contributed by atoms with E-state index in [0.29, 0.717) is 22.8 Å². The Bertz CT molecular complexity index is 1300. The molecule has 1 saturated heterocycles. The van der Waals surface area contributed by atoms with Gasteiger partial charge < -0.3 is 4.42 Å². The number of hydrogen-bond donors (Lipinski definition) is 1. The molecule has 2 aromatic carbocycles. The van der Waals surface area contributed by atoms with Crippen molar-refractivity contribution >= 4 is 46.7 Å². The third-order valence-electron chi connectivity index (χ3n) is 5.20. The van der Waals surface area contributed by atoms with Gasteiger partial charge in [0.2, 0.25) is 0 Å². The van der Waals surface area contributed by atoms with Crippen molar-refractivity contribution in [2.75, 3.05) is 4.90 Å². The Morgan fingerprint density at radius 3 is 2.44 bits per heavy atom. The first-order chi connectivity index (χ1) is 15.2.